The third-order valence-corrected chi connectivity index (χ3v) is 5.30. The lowest BCUT2D eigenvalue weighted by Gasteiger charge is -2.19. The number of ether oxygens (including phenoxy) is 1. The Morgan fingerprint density at radius 3 is 2.56 bits per heavy atom. The number of aromatic nitrogens is 1. The third-order valence-electron chi connectivity index (χ3n) is 4.49. The monoisotopic (exact) mass is 455 g/mol. The fourth-order valence-corrected chi connectivity index (χ4v) is 3.76. The maximum Gasteiger partial charge on any atom is 0.308 e. The molecule has 0 fully saturated rings. The van der Waals surface area contributed by atoms with E-state index in [0.717, 1.165) is 5.56 Å². The minimum absolute atomic E-state index is 0.0136. The van der Waals surface area contributed by atoms with Crippen LogP contribution >= 0.6 is 11.3 Å². The molecule has 1 aromatic carbocycles. The van der Waals surface area contributed by atoms with Gasteiger partial charge < -0.3 is 14.5 Å². The maximum atomic E-state index is 12.7. The highest BCUT2D eigenvalue weighted by atomic mass is 32.1. The van der Waals surface area contributed by atoms with Crippen LogP contribution in [0, 0.1) is 6.92 Å². The summed E-state index contributed by atoms with van der Waals surface area (Å²) < 4.78 is 10.4. The van der Waals surface area contributed by atoms with Crippen LogP contribution in [0.1, 0.15) is 53.7 Å². The standard InChI is InChI=1S/C23H25N3O5S/c1-14(2)31-21(28)12-19(16-7-5-4-6-8-16)25-20(27)11-17-13-32-23(24-17)26-22(29)18-9-10-30-15(18)3/h4-10,13-14,19H,11-12H2,1-3H3,(H,25,27)(H,24,26,29). The summed E-state index contributed by atoms with van der Waals surface area (Å²) >= 11 is 1.23. The predicted octanol–water partition coefficient (Wildman–Crippen LogP) is 4.04. The number of nitrogens with zero attached hydrogens (tertiary/aromatic N) is 1. The highest BCUT2D eigenvalue weighted by Crippen LogP contribution is 2.20. The largest absolute Gasteiger partial charge is 0.469 e. The topological polar surface area (TPSA) is 111 Å². The van der Waals surface area contributed by atoms with Crippen LogP contribution in [0.2, 0.25) is 0 Å². The van der Waals surface area contributed by atoms with Crippen molar-refractivity contribution in [1.82, 2.24) is 10.3 Å². The van der Waals surface area contributed by atoms with E-state index in [4.69, 9.17) is 9.15 Å². The number of thiazole rings is 1. The molecule has 2 aromatic heterocycles. The van der Waals surface area contributed by atoms with E-state index in [9.17, 15) is 14.4 Å². The number of benzene rings is 1. The van der Waals surface area contributed by atoms with Crippen LogP contribution < -0.4 is 10.6 Å². The quantitative estimate of drug-likeness (QED) is 0.471. The van der Waals surface area contributed by atoms with Crippen molar-refractivity contribution < 1.29 is 23.5 Å². The molecule has 3 aromatic rings. The Bertz CT molecular complexity index is 1070. The van der Waals surface area contributed by atoms with Gasteiger partial charge in [0.2, 0.25) is 5.91 Å². The number of amides is 2. The zero-order chi connectivity index (χ0) is 23.1. The van der Waals surface area contributed by atoms with Crippen LogP contribution in [0.3, 0.4) is 0 Å². The number of carbonyl (C=O) groups is 3. The van der Waals surface area contributed by atoms with Crippen molar-refractivity contribution in [2.24, 2.45) is 0 Å². The second kappa shape index (κ2) is 10.7. The van der Waals surface area contributed by atoms with Gasteiger partial charge in [0.15, 0.2) is 5.13 Å². The van der Waals surface area contributed by atoms with Gasteiger partial charge in [0.25, 0.3) is 5.91 Å². The van der Waals surface area contributed by atoms with Gasteiger partial charge >= 0.3 is 5.97 Å². The summed E-state index contributed by atoms with van der Waals surface area (Å²) in [5.74, 6) is -0.483. The molecule has 0 radical (unpaired) electrons. The first kappa shape index (κ1) is 23.2. The van der Waals surface area contributed by atoms with E-state index >= 15 is 0 Å². The Morgan fingerprint density at radius 1 is 1.16 bits per heavy atom. The van der Waals surface area contributed by atoms with Gasteiger partial charge in [-0.1, -0.05) is 30.3 Å². The van der Waals surface area contributed by atoms with Crippen LogP contribution in [-0.2, 0) is 20.7 Å². The zero-order valence-electron chi connectivity index (χ0n) is 18.1. The first-order valence-electron chi connectivity index (χ1n) is 10.2. The van der Waals surface area contributed by atoms with Gasteiger partial charge in [0.05, 0.1) is 42.5 Å². The Labute approximate surface area is 190 Å². The number of furan rings is 1. The Kier molecular flexibility index (Phi) is 7.77. The molecule has 0 saturated carbocycles. The van der Waals surface area contributed by atoms with E-state index < -0.39 is 6.04 Å². The molecule has 8 nitrogen and oxygen atoms in total. The van der Waals surface area contributed by atoms with Gasteiger partial charge in [0, 0.05) is 5.38 Å². The summed E-state index contributed by atoms with van der Waals surface area (Å²) in [5, 5.41) is 7.69. The Morgan fingerprint density at radius 2 is 1.91 bits per heavy atom. The van der Waals surface area contributed by atoms with Crippen molar-refractivity contribution in [1.29, 1.82) is 0 Å². The molecule has 0 spiro atoms. The first-order valence-corrected chi connectivity index (χ1v) is 11.0. The number of anilines is 1. The van der Waals surface area contributed by atoms with Gasteiger partial charge in [-0.25, -0.2) is 4.98 Å². The summed E-state index contributed by atoms with van der Waals surface area (Å²) in [6, 6.07) is 10.3. The van der Waals surface area contributed by atoms with Crippen molar-refractivity contribution >= 4 is 34.3 Å². The van der Waals surface area contributed by atoms with Crippen molar-refractivity contribution in [3.05, 3.63) is 70.6 Å². The molecule has 1 atom stereocenters. The summed E-state index contributed by atoms with van der Waals surface area (Å²) in [6.45, 7) is 5.26. The van der Waals surface area contributed by atoms with Gasteiger partial charge in [-0.2, -0.15) is 0 Å². The van der Waals surface area contributed by atoms with E-state index in [-0.39, 0.29) is 36.7 Å². The summed E-state index contributed by atoms with van der Waals surface area (Å²) in [4.78, 5) is 41.4. The smallest absolute Gasteiger partial charge is 0.308 e. The molecular weight excluding hydrogens is 430 g/mol. The van der Waals surface area contributed by atoms with E-state index in [1.807, 2.05) is 30.3 Å². The molecule has 1 unspecified atom stereocenters. The molecule has 32 heavy (non-hydrogen) atoms. The van der Waals surface area contributed by atoms with Crippen LogP contribution in [0.4, 0.5) is 5.13 Å². The van der Waals surface area contributed by atoms with Crippen molar-refractivity contribution in [2.45, 2.75) is 45.8 Å². The molecule has 168 valence electrons. The normalized spacial score (nSPS) is 11.8. The summed E-state index contributed by atoms with van der Waals surface area (Å²) in [7, 11) is 0. The molecule has 9 heteroatoms. The highest BCUT2D eigenvalue weighted by Gasteiger charge is 2.21. The average Bonchev–Trinajstić information content (AvgIpc) is 3.36. The van der Waals surface area contributed by atoms with Gasteiger partial charge in [-0.3, -0.25) is 19.7 Å². The SMILES string of the molecule is Cc1occc1C(=O)Nc1nc(CC(=O)NC(CC(=O)OC(C)C)c2ccccc2)cs1. The molecule has 0 aliphatic heterocycles. The number of hydrogen-bond acceptors (Lipinski definition) is 7. The lowest BCUT2D eigenvalue weighted by molar-refractivity contribution is -0.148. The molecule has 2 amide bonds. The predicted molar refractivity (Wildman–Crippen MR) is 120 cm³/mol. The average molecular weight is 456 g/mol. The van der Waals surface area contributed by atoms with E-state index in [0.29, 0.717) is 22.1 Å². The lowest BCUT2D eigenvalue weighted by Crippen LogP contribution is -2.32. The minimum atomic E-state index is -0.517. The zero-order valence-corrected chi connectivity index (χ0v) is 18.9. The van der Waals surface area contributed by atoms with Crippen molar-refractivity contribution in [3.8, 4) is 0 Å². The van der Waals surface area contributed by atoms with E-state index in [1.165, 1.54) is 17.6 Å². The molecule has 0 bridgehead atoms. The van der Waals surface area contributed by atoms with Crippen LogP contribution in [0.25, 0.3) is 0 Å². The van der Waals surface area contributed by atoms with Crippen molar-refractivity contribution in [2.75, 3.05) is 5.32 Å². The van der Waals surface area contributed by atoms with Crippen LogP contribution in [0.5, 0.6) is 0 Å². The van der Waals surface area contributed by atoms with Crippen LogP contribution in [-0.4, -0.2) is 28.9 Å². The number of nitrogens with one attached hydrogen (secondary N) is 2. The molecule has 0 aliphatic carbocycles. The number of aryl methyl sites for hydroxylation is 1. The molecule has 3 rings (SSSR count). The maximum absolute atomic E-state index is 12.7. The summed E-state index contributed by atoms with van der Waals surface area (Å²) in [6.07, 6.45) is 1.25. The molecule has 2 N–H and O–H groups in total. The molecule has 0 saturated heterocycles. The fourth-order valence-electron chi connectivity index (χ4n) is 3.06. The minimum Gasteiger partial charge on any atom is -0.469 e. The first-order chi connectivity index (χ1) is 15.3. The van der Waals surface area contributed by atoms with Gasteiger partial charge in [-0.15, -0.1) is 11.3 Å². The number of carbonyl (C=O) groups excluding carboxylic acids is 3. The van der Waals surface area contributed by atoms with Crippen molar-refractivity contribution in [3.63, 3.8) is 0 Å². The van der Waals surface area contributed by atoms with Crippen LogP contribution in [0.15, 0.2) is 52.5 Å². The molecule has 2 heterocycles. The Hall–Kier alpha value is -3.46. The highest BCUT2D eigenvalue weighted by molar-refractivity contribution is 7.14. The lowest BCUT2D eigenvalue weighted by atomic mass is 10.0. The van der Waals surface area contributed by atoms with Gasteiger partial charge in [-0.05, 0) is 32.4 Å². The Balaban J connectivity index is 1.61. The van der Waals surface area contributed by atoms with E-state index in [1.54, 1.807) is 32.2 Å². The van der Waals surface area contributed by atoms with E-state index in [2.05, 4.69) is 15.6 Å². The second-order valence-corrected chi connectivity index (χ2v) is 8.30. The fraction of sp³-hybridized carbons (Fsp3) is 0.304. The number of esters is 1. The van der Waals surface area contributed by atoms with Gasteiger partial charge in [0.1, 0.15) is 5.76 Å². The molecular formula is C23H25N3O5S. The third kappa shape index (κ3) is 6.52. The number of rotatable bonds is 9. The second-order valence-electron chi connectivity index (χ2n) is 7.44. The number of hydrogen-bond donors (Lipinski definition) is 2. The molecule has 0 aliphatic rings. The summed E-state index contributed by atoms with van der Waals surface area (Å²) in [5.41, 5.74) is 1.75.